The Hall–Kier alpha value is -1.39. The average Bonchev–Trinajstić information content (AvgIpc) is 2.55. The number of carbonyl (C=O) groups is 1. The Morgan fingerprint density at radius 3 is 2.45 bits per heavy atom. The zero-order chi connectivity index (χ0) is 15.9. The van der Waals surface area contributed by atoms with Crippen molar-refractivity contribution in [3.63, 3.8) is 0 Å². The van der Waals surface area contributed by atoms with Crippen LogP contribution in [0.3, 0.4) is 0 Å². The molecule has 0 heterocycles. The third-order valence-electron chi connectivity index (χ3n) is 4.78. The topological polar surface area (TPSA) is 58.4 Å². The van der Waals surface area contributed by atoms with Gasteiger partial charge in [-0.25, -0.2) is 0 Å². The highest BCUT2D eigenvalue weighted by molar-refractivity contribution is 5.82. The zero-order valence-corrected chi connectivity index (χ0v) is 13.8. The first-order valence-electron chi connectivity index (χ1n) is 8.34. The Kier molecular flexibility index (Phi) is 6.40. The van der Waals surface area contributed by atoms with Gasteiger partial charge >= 0.3 is 0 Å². The molecule has 4 heteroatoms. The lowest BCUT2D eigenvalue weighted by atomic mass is 9.83. The van der Waals surface area contributed by atoms with Crippen LogP contribution in [0.1, 0.15) is 43.7 Å². The molecular formula is C18H29N3O. The molecule has 1 aliphatic carbocycles. The molecule has 1 fully saturated rings. The van der Waals surface area contributed by atoms with E-state index in [0.29, 0.717) is 18.5 Å². The second-order valence-electron chi connectivity index (χ2n) is 6.56. The van der Waals surface area contributed by atoms with E-state index in [1.807, 2.05) is 30.3 Å². The number of benzene rings is 1. The molecule has 2 rings (SSSR count). The quantitative estimate of drug-likeness (QED) is 0.848. The molecule has 0 spiro atoms. The van der Waals surface area contributed by atoms with Crippen molar-refractivity contribution in [2.45, 2.75) is 44.2 Å². The van der Waals surface area contributed by atoms with Crippen LogP contribution in [0.4, 0.5) is 0 Å². The lowest BCUT2D eigenvalue weighted by molar-refractivity contribution is -0.122. The molecular weight excluding hydrogens is 274 g/mol. The highest BCUT2D eigenvalue weighted by Gasteiger charge is 2.26. The van der Waals surface area contributed by atoms with Crippen molar-refractivity contribution in [3.05, 3.63) is 35.9 Å². The monoisotopic (exact) mass is 303 g/mol. The fraction of sp³-hybridized carbons (Fsp3) is 0.611. The first kappa shape index (κ1) is 17.0. The van der Waals surface area contributed by atoms with E-state index in [4.69, 9.17) is 5.73 Å². The number of nitrogens with two attached hydrogens (primary N) is 1. The lowest BCUT2D eigenvalue weighted by Crippen LogP contribution is -2.47. The smallest absolute Gasteiger partial charge is 0.241 e. The molecule has 1 aromatic carbocycles. The molecule has 3 N–H and O–H groups in total. The van der Waals surface area contributed by atoms with Crippen LogP contribution in [-0.4, -0.2) is 37.5 Å². The Morgan fingerprint density at radius 2 is 1.86 bits per heavy atom. The van der Waals surface area contributed by atoms with Crippen LogP contribution in [0.15, 0.2) is 30.3 Å². The maximum Gasteiger partial charge on any atom is 0.241 e. The van der Waals surface area contributed by atoms with Crippen molar-refractivity contribution < 1.29 is 4.79 Å². The van der Waals surface area contributed by atoms with Gasteiger partial charge in [0, 0.05) is 12.6 Å². The second-order valence-corrected chi connectivity index (χ2v) is 6.56. The minimum Gasteiger partial charge on any atom is -0.353 e. The number of amides is 1. The van der Waals surface area contributed by atoms with Crippen LogP contribution in [0.25, 0.3) is 0 Å². The molecule has 4 nitrogen and oxygen atoms in total. The minimum absolute atomic E-state index is 0.0890. The Morgan fingerprint density at radius 1 is 1.23 bits per heavy atom. The normalized spacial score (nSPS) is 18.9. The third kappa shape index (κ3) is 4.55. The van der Waals surface area contributed by atoms with Crippen LogP contribution in [0, 0.1) is 5.92 Å². The van der Waals surface area contributed by atoms with Gasteiger partial charge < -0.3 is 16.0 Å². The number of likely N-dealkylation sites (N-methyl/N-ethyl adjacent to an activating group) is 1. The molecule has 0 saturated heterocycles. The van der Waals surface area contributed by atoms with Crippen molar-refractivity contribution in [2.24, 2.45) is 11.7 Å². The number of carbonyl (C=O) groups excluding carboxylic acids is 1. The van der Waals surface area contributed by atoms with Gasteiger partial charge in [-0.15, -0.1) is 0 Å². The van der Waals surface area contributed by atoms with Gasteiger partial charge in [-0.2, -0.15) is 0 Å². The summed E-state index contributed by atoms with van der Waals surface area (Å²) in [5.74, 6) is 0.589. The largest absolute Gasteiger partial charge is 0.353 e. The van der Waals surface area contributed by atoms with Crippen molar-refractivity contribution >= 4 is 5.91 Å². The highest BCUT2D eigenvalue weighted by atomic mass is 16.2. The lowest BCUT2D eigenvalue weighted by Gasteiger charge is -2.35. The standard InChI is InChI=1S/C18H29N3O/c1-21(2)16(14-9-5-3-6-10-14)13-20-18(22)17(19)15-11-7-4-8-12-15/h4,7-8,11-12,14,16-17H,3,5-6,9-10,13,19H2,1-2H3,(H,20,22). The van der Waals surface area contributed by atoms with Crippen LogP contribution in [-0.2, 0) is 4.79 Å². The van der Waals surface area contributed by atoms with Crippen molar-refractivity contribution in [1.29, 1.82) is 0 Å². The van der Waals surface area contributed by atoms with E-state index in [0.717, 1.165) is 5.56 Å². The van der Waals surface area contributed by atoms with Gasteiger partial charge in [0.05, 0.1) is 0 Å². The number of rotatable bonds is 6. The van der Waals surface area contributed by atoms with Gasteiger partial charge in [-0.1, -0.05) is 49.6 Å². The summed E-state index contributed by atoms with van der Waals surface area (Å²) in [6, 6.07) is 9.35. The predicted molar refractivity (Wildman–Crippen MR) is 90.4 cm³/mol. The molecule has 2 atom stereocenters. The molecule has 0 radical (unpaired) electrons. The number of nitrogens with zero attached hydrogens (tertiary/aromatic N) is 1. The zero-order valence-electron chi connectivity index (χ0n) is 13.8. The molecule has 2 unspecified atom stereocenters. The van der Waals surface area contributed by atoms with Gasteiger partial charge in [0.25, 0.3) is 0 Å². The van der Waals surface area contributed by atoms with E-state index in [1.54, 1.807) is 0 Å². The molecule has 0 bridgehead atoms. The van der Waals surface area contributed by atoms with Crippen LogP contribution in [0.5, 0.6) is 0 Å². The number of hydrogen-bond donors (Lipinski definition) is 2. The number of hydrogen-bond acceptors (Lipinski definition) is 3. The summed E-state index contributed by atoms with van der Waals surface area (Å²) in [7, 11) is 4.20. The molecule has 0 aliphatic heterocycles. The first-order valence-corrected chi connectivity index (χ1v) is 8.34. The summed E-state index contributed by atoms with van der Waals surface area (Å²) in [5, 5.41) is 3.05. The third-order valence-corrected chi connectivity index (χ3v) is 4.78. The van der Waals surface area contributed by atoms with Crippen LogP contribution >= 0.6 is 0 Å². The maximum absolute atomic E-state index is 12.3. The van der Waals surface area contributed by atoms with Gasteiger partial charge in [0.2, 0.25) is 5.91 Å². The second kappa shape index (κ2) is 8.30. The highest BCUT2D eigenvalue weighted by Crippen LogP contribution is 2.28. The summed E-state index contributed by atoms with van der Waals surface area (Å²) < 4.78 is 0. The van der Waals surface area contributed by atoms with Crippen LogP contribution < -0.4 is 11.1 Å². The average molecular weight is 303 g/mol. The number of nitrogens with one attached hydrogen (secondary N) is 1. The van der Waals surface area contributed by atoms with E-state index < -0.39 is 6.04 Å². The van der Waals surface area contributed by atoms with Gasteiger partial charge in [-0.05, 0) is 38.4 Å². The summed E-state index contributed by atoms with van der Waals surface area (Å²) in [6.07, 6.45) is 6.51. The molecule has 122 valence electrons. The van der Waals surface area contributed by atoms with Crippen molar-refractivity contribution in [2.75, 3.05) is 20.6 Å². The summed E-state index contributed by atoms with van der Waals surface area (Å²) in [5.41, 5.74) is 6.91. The fourth-order valence-electron chi connectivity index (χ4n) is 3.42. The first-order chi connectivity index (χ1) is 10.6. The summed E-state index contributed by atoms with van der Waals surface area (Å²) >= 11 is 0. The van der Waals surface area contributed by atoms with Gasteiger partial charge in [0.1, 0.15) is 6.04 Å². The van der Waals surface area contributed by atoms with Gasteiger partial charge in [-0.3, -0.25) is 4.79 Å². The molecule has 1 amide bonds. The minimum atomic E-state index is -0.588. The molecule has 1 saturated carbocycles. The summed E-state index contributed by atoms with van der Waals surface area (Å²) in [4.78, 5) is 14.5. The SMILES string of the molecule is CN(C)C(CNC(=O)C(N)c1ccccc1)C1CCCCC1. The Balaban J connectivity index is 1.90. The van der Waals surface area contributed by atoms with Crippen molar-refractivity contribution in [1.82, 2.24) is 10.2 Å². The van der Waals surface area contributed by atoms with E-state index >= 15 is 0 Å². The van der Waals surface area contributed by atoms with E-state index in [-0.39, 0.29) is 5.91 Å². The molecule has 1 aromatic rings. The van der Waals surface area contributed by atoms with Crippen molar-refractivity contribution in [3.8, 4) is 0 Å². The Bertz CT molecular complexity index is 455. The molecule has 22 heavy (non-hydrogen) atoms. The molecule has 0 aromatic heterocycles. The van der Waals surface area contributed by atoms with Gasteiger partial charge in [0.15, 0.2) is 0 Å². The van der Waals surface area contributed by atoms with Crippen LogP contribution in [0.2, 0.25) is 0 Å². The fourth-order valence-corrected chi connectivity index (χ4v) is 3.42. The Labute approximate surface area is 134 Å². The van der Waals surface area contributed by atoms with E-state index in [1.165, 1.54) is 32.1 Å². The van der Waals surface area contributed by atoms with E-state index in [9.17, 15) is 4.79 Å². The summed E-state index contributed by atoms with van der Waals surface area (Å²) in [6.45, 7) is 0.678. The predicted octanol–water partition coefficient (Wildman–Crippen LogP) is 2.31. The molecule has 1 aliphatic rings. The maximum atomic E-state index is 12.3. The van der Waals surface area contributed by atoms with E-state index in [2.05, 4.69) is 24.3 Å².